The highest BCUT2D eigenvalue weighted by Crippen LogP contribution is 2.36. The molecule has 248 valence electrons. The summed E-state index contributed by atoms with van der Waals surface area (Å²) in [5.74, 6) is 0.186. The van der Waals surface area contributed by atoms with Gasteiger partial charge in [0.15, 0.2) is 11.2 Å². The van der Waals surface area contributed by atoms with Crippen molar-refractivity contribution in [2.45, 2.75) is 14.9 Å². The first kappa shape index (κ1) is 35.3. The predicted molar refractivity (Wildman–Crippen MR) is 195 cm³/mol. The second-order valence-electron chi connectivity index (χ2n) is 9.93. The molecule has 0 aliphatic heterocycles. The lowest BCUT2D eigenvalue weighted by molar-refractivity contribution is -0.385. The minimum atomic E-state index is -0.574. The summed E-state index contributed by atoms with van der Waals surface area (Å²) in [6.07, 6.45) is 2.91. The number of benzene rings is 4. The van der Waals surface area contributed by atoms with Gasteiger partial charge < -0.3 is 19.9 Å². The van der Waals surface area contributed by atoms with Gasteiger partial charge in [0.25, 0.3) is 0 Å². The number of hydrogen-bond acceptors (Lipinski definition) is 10. The molecule has 49 heavy (non-hydrogen) atoms. The summed E-state index contributed by atoms with van der Waals surface area (Å²) in [7, 11) is 0. The first-order chi connectivity index (χ1) is 22.8. The zero-order valence-corrected chi connectivity index (χ0v) is 25.0. The van der Waals surface area contributed by atoms with E-state index in [1.165, 1.54) is 36.7 Å². The van der Waals surface area contributed by atoms with Gasteiger partial charge in [0, 0.05) is 46.1 Å². The molecular weight excluding hydrogens is 648 g/mol. The van der Waals surface area contributed by atoms with Crippen LogP contribution in [-0.4, -0.2) is 19.8 Å². The van der Waals surface area contributed by atoms with Crippen LogP contribution in [-0.2, 0) is 0 Å². The molecule has 8 rings (SSSR count). The number of pyridine rings is 2. The second kappa shape index (κ2) is 15.4. The lowest BCUT2D eigenvalue weighted by atomic mass is 10.1. The number of nitrogens with two attached hydrogens (primary N) is 1. The number of nitrogens with one attached hydrogen (secondary N) is 1. The molecule has 8 aromatic rings. The number of nitro groups is 2. The quantitative estimate of drug-likeness (QED) is 0.0787. The van der Waals surface area contributed by atoms with Gasteiger partial charge in [0.1, 0.15) is 11.2 Å². The Morgan fingerprint density at radius 1 is 0.612 bits per heavy atom. The van der Waals surface area contributed by atoms with Crippen molar-refractivity contribution in [1.82, 2.24) is 9.97 Å². The lowest BCUT2D eigenvalue weighted by Crippen LogP contribution is -1.99. The number of para-hydroxylation sites is 4. The van der Waals surface area contributed by atoms with Crippen LogP contribution in [0.2, 0.25) is 5.15 Å². The summed E-state index contributed by atoms with van der Waals surface area (Å²) < 4.78 is 11.6. The van der Waals surface area contributed by atoms with Gasteiger partial charge in [-0.2, -0.15) is 0 Å². The first-order valence-corrected chi connectivity index (χ1v) is 14.4. The van der Waals surface area contributed by atoms with Gasteiger partial charge in [-0.1, -0.05) is 87.1 Å². The van der Waals surface area contributed by atoms with E-state index >= 15 is 0 Å². The number of nitrogens with zero attached hydrogens (tertiary/aromatic N) is 4. The van der Waals surface area contributed by atoms with E-state index in [0.717, 1.165) is 38.3 Å². The zero-order valence-electron chi connectivity index (χ0n) is 24.2. The van der Waals surface area contributed by atoms with Crippen molar-refractivity contribution in [2.24, 2.45) is 0 Å². The molecule has 0 atom stereocenters. The summed E-state index contributed by atoms with van der Waals surface area (Å²) >= 11 is 5.37. The van der Waals surface area contributed by atoms with Crippen LogP contribution >= 0.6 is 11.6 Å². The molecule has 12 nitrogen and oxygen atoms in total. The smallest absolute Gasteiger partial charge is 0.311 e. The number of aromatic nitrogens is 2. The Morgan fingerprint density at radius 2 is 1.12 bits per heavy atom. The van der Waals surface area contributed by atoms with Gasteiger partial charge in [-0.3, -0.25) is 20.2 Å². The van der Waals surface area contributed by atoms with E-state index in [1.807, 2.05) is 84.9 Å². The van der Waals surface area contributed by atoms with Crippen molar-refractivity contribution in [3.63, 3.8) is 0 Å². The number of furan rings is 2. The fourth-order valence-electron chi connectivity index (χ4n) is 4.90. The summed E-state index contributed by atoms with van der Waals surface area (Å²) in [4.78, 5) is 27.8. The Kier molecular flexibility index (Phi) is 11.1. The average Bonchev–Trinajstić information content (AvgIpc) is 3.66. The molecular formula is C36H31ClN6O6. The van der Waals surface area contributed by atoms with Gasteiger partial charge in [0.2, 0.25) is 11.0 Å². The van der Waals surface area contributed by atoms with Crippen LogP contribution < -0.4 is 11.1 Å². The summed E-state index contributed by atoms with van der Waals surface area (Å²) in [6.45, 7) is 0. The highest BCUT2D eigenvalue weighted by molar-refractivity contribution is 6.31. The summed E-state index contributed by atoms with van der Waals surface area (Å²) in [6, 6.07) is 32.8. The Balaban J connectivity index is 0.000000178. The third-order valence-corrected chi connectivity index (χ3v) is 7.30. The van der Waals surface area contributed by atoms with E-state index in [0.29, 0.717) is 17.0 Å². The largest absolute Gasteiger partial charge is 0.454 e. The number of nitrogen functional groups attached to an aromatic ring is 1. The predicted octanol–water partition coefficient (Wildman–Crippen LogP) is 10.7. The highest BCUT2D eigenvalue weighted by atomic mass is 35.5. The van der Waals surface area contributed by atoms with Crippen molar-refractivity contribution in [3.8, 4) is 0 Å². The van der Waals surface area contributed by atoms with Crippen molar-refractivity contribution in [1.29, 1.82) is 0 Å². The van der Waals surface area contributed by atoms with E-state index in [4.69, 9.17) is 26.2 Å². The van der Waals surface area contributed by atoms with Crippen LogP contribution in [0.4, 0.5) is 28.6 Å². The SMILES string of the molecule is C.C.Nc1cccc2c1oc1ccccc12.O=[N+]([O-])c1cccnc1Cl.O=[N+]([O-])c1cccnc1Nc1cccc2c1oc1ccccc12. The molecule has 0 saturated heterocycles. The first-order valence-electron chi connectivity index (χ1n) is 14.0. The Labute approximate surface area is 285 Å². The van der Waals surface area contributed by atoms with Gasteiger partial charge in [-0.15, -0.1) is 0 Å². The van der Waals surface area contributed by atoms with E-state index in [9.17, 15) is 20.2 Å². The van der Waals surface area contributed by atoms with E-state index in [2.05, 4.69) is 15.3 Å². The molecule has 4 aromatic heterocycles. The molecule has 0 unspecified atom stereocenters. The molecule has 4 aromatic carbocycles. The normalized spacial score (nSPS) is 10.2. The monoisotopic (exact) mass is 678 g/mol. The van der Waals surface area contributed by atoms with Gasteiger partial charge >= 0.3 is 11.4 Å². The molecule has 0 saturated carbocycles. The number of hydrogen-bond donors (Lipinski definition) is 2. The number of halogens is 1. The second-order valence-corrected chi connectivity index (χ2v) is 10.3. The van der Waals surface area contributed by atoms with Crippen LogP contribution in [0.15, 0.2) is 130 Å². The zero-order chi connectivity index (χ0) is 32.9. The van der Waals surface area contributed by atoms with E-state index in [-0.39, 0.29) is 37.2 Å². The van der Waals surface area contributed by atoms with Crippen LogP contribution in [0.25, 0.3) is 43.9 Å². The van der Waals surface area contributed by atoms with E-state index < -0.39 is 9.85 Å². The maximum Gasteiger partial charge on any atom is 0.311 e. The minimum absolute atomic E-state index is 0. The Morgan fingerprint density at radius 3 is 1.71 bits per heavy atom. The van der Waals surface area contributed by atoms with Crippen LogP contribution in [0.1, 0.15) is 14.9 Å². The van der Waals surface area contributed by atoms with Crippen molar-refractivity contribution >= 4 is 84.0 Å². The van der Waals surface area contributed by atoms with Crippen LogP contribution in [0.5, 0.6) is 0 Å². The number of anilines is 3. The fourth-order valence-corrected chi connectivity index (χ4v) is 5.08. The van der Waals surface area contributed by atoms with Gasteiger partial charge in [0.05, 0.1) is 21.2 Å². The molecule has 0 radical (unpaired) electrons. The Hall–Kier alpha value is -6.53. The molecule has 0 fully saturated rings. The average molecular weight is 679 g/mol. The van der Waals surface area contributed by atoms with Gasteiger partial charge in [-0.05, 0) is 36.4 Å². The van der Waals surface area contributed by atoms with Gasteiger partial charge in [-0.25, -0.2) is 9.97 Å². The number of fused-ring (bicyclic) bond motifs is 6. The molecule has 0 amide bonds. The van der Waals surface area contributed by atoms with E-state index in [1.54, 1.807) is 0 Å². The molecule has 3 N–H and O–H groups in total. The topological polar surface area (TPSA) is 176 Å². The number of rotatable bonds is 4. The fraction of sp³-hybridized carbons (Fsp3) is 0.0556. The van der Waals surface area contributed by atoms with Crippen LogP contribution in [0.3, 0.4) is 0 Å². The maximum absolute atomic E-state index is 11.1. The minimum Gasteiger partial charge on any atom is -0.454 e. The molecule has 0 aliphatic rings. The molecule has 4 heterocycles. The third kappa shape index (κ3) is 7.39. The molecule has 0 aliphatic carbocycles. The summed E-state index contributed by atoms with van der Waals surface area (Å²) in [5, 5.41) is 28.3. The van der Waals surface area contributed by atoms with Crippen molar-refractivity contribution in [3.05, 3.63) is 147 Å². The maximum atomic E-state index is 11.1. The van der Waals surface area contributed by atoms with Crippen molar-refractivity contribution < 1.29 is 18.7 Å². The standard InChI is InChI=1S/C17H11N3O3.C12H9NO.C5H3ClN2O2.2CH4/c21-20(22)14-8-4-10-18-17(14)19-13-7-3-6-12-11-5-1-2-9-15(11)23-16(12)13;13-10-6-3-5-9-8-4-1-2-7-11(8)14-12(9)10;6-5-4(8(9)10)2-1-3-7-5;;/h1-10H,(H,18,19);1-7H,13H2;1-3H;2*1H4. The third-order valence-electron chi connectivity index (χ3n) is 7.01. The van der Waals surface area contributed by atoms with Crippen molar-refractivity contribution in [2.75, 3.05) is 11.1 Å². The lowest BCUT2D eigenvalue weighted by Gasteiger charge is -2.06. The molecule has 0 spiro atoms. The highest BCUT2D eigenvalue weighted by Gasteiger charge is 2.17. The molecule has 0 bridgehead atoms. The summed E-state index contributed by atoms with van der Waals surface area (Å²) in [5.41, 5.74) is 10.0. The Bertz CT molecular complexity index is 2410. The molecule has 13 heteroatoms. The van der Waals surface area contributed by atoms with Crippen LogP contribution in [0, 0.1) is 20.2 Å².